The zero-order valence-corrected chi connectivity index (χ0v) is 26.1. The highest BCUT2D eigenvalue weighted by Gasteiger charge is 2.25. The summed E-state index contributed by atoms with van der Waals surface area (Å²) in [5.74, 6) is 0.663. The number of anilines is 1. The lowest BCUT2D eigenvalue weighted by atomic mass is 10.0. The number of carbonyl (C=O) groups is 1. The van der Waals surface area contributed by atoms with Crippen molar-refractivity contribution in [1.29, 1.82) is 0 Å². The predicted molar refractivity (Wildman–Crippen MR) is 173 cm³/mol. The van der Waals surface area contributed by atoms with Gasteiger partial charge in [-0.3, -0.25) is 9.69 Å². The Hall–Kier alpha value is -2.91. The molecule has 0 radical (unpaired) electrons. The number of amides is 1. The van der Waals surface area contributed by atoms with E-state index in [0.29, 0.717) is 22.9 Å². The molecule has 0 bridgehead atoms. The fourth-order valence-corrected chi connectivity index (χ4v) is 8.14. The minimum atomic E-state index is -3.52. The van der Waals surface area contributed by atoms with Crippen LogP contribution in [-0.2, 0) is 25.9 Å². The highest BCUT2D eigenvalue weighted by molar-refractivity contribution is 7.99. The van der Waals surface area contributed by atoms with E-state index in [1.807, 2.05) is 60.3 Å². The average molecular weight is 605 g/mol. The van der Waals surface area contributed by atoms with Gasteiger partial charge in [-0.2, -0.15) is 0 Å². The van der Waals surface area contributed by atoms with Crippen LogP contribution in [0.2, 0.25) is 0 Å². The lowest BCUT2D eigenvalue weighted by Crippen LogP contribution is -2.36. The molecule has 1 amide bonds. The van der Waals surface area contributed by atoms with Crippen molar-refractivity contribution in [3.63, 3.8) is 0 Å². The second-order valence-corrected chi connectivity index (χ2v) is 14.3. The van der Waals surface area contributed by atoms with Crippen molar-refractivity contribution in [1.82, 2.24) is 4.90 Å². The lowest BCUT2D eigenvalue weighted by Gasteiger charge is -2.31. The molecule has 0 aromatic heterocycles. The van der Waals surface area contributed by atoms with E-state index in [0.717, 1.165) is 62.3 Å². The van der Waals surface area contributed by atoms with Gasteiger partial charge in [-0.05, 0) is 97.1 Å². The normalized spacial score (nSPS) is 16.9. The van der Waals surface area contributed by atoms with Gasteiger partial charge in [-0.15, -0.1) is 11.8 Å². The van der Waals surface area contributed by atoms with Crippen LogP contribution in [0.4, 0.5) is 5.69 Å². The zero-order chi connectivity index (χ0) is 29.5. The maximum absolute atomic E-state index is 13.4. The van der Waals surface area contributed by atoms with E-state index in [1.165, 1.54) is 10.5 Å². The molecule has 0 saturated carbocycles. The SMILES string of the molecule is CCCCSc1ccccc1-c1ccc2c(c1)C=C(C(=O)Nc1ccc(CN(C)C3CCOCC3)cc1)CCS2(=O)=O. The van der Waals surface area contributed by atoms with Crippen LogP contribution in [0.5, 0.6) is 0 Å². The molecule has 1 saturated heterocycles. The van der Waals surface area contributed by atoms with Crippen molar-refractivity contribution < 1.29 is 17.9 Å². The quantitative estimate of drug-likeness (QED) is 0.197. The van der Waals surface area contributed by atoms with Crippen LogP contribution in [0.25, 0.3) is 17.2 Å². The van der Waals surface area contributed by atoms with Gasteiger partial charge in [0.1, 0.15) is 0 Å². The maximum atomic E-state index is 13.4. The molecule has 222 valence electrons. The van der Waals surface area contributed by atoms with Gasteiger partial charge in [0.05, 0.1) is 10.6 Å². The predicted octanol–water partition coefficient (Wildman–Crippen LogP) is 7.06. The van der Waals surface area contributed by atoms with Gasteiger partial charge in [0.15, 0.2) is 9.84 Å². The van der Waals surface area contributed by atoms with Crippen molar-refractivity contribution in [2.75, 3.05) is 37.1 Å². The molecule has 2 aliphatic rings. The molecule has 0 atom stereocenters. The van der Waals surface area contributed by atoms with E-state index in [4.69, 9.17) is 4.74 Å². The molecule has 0 spiro atoms. The number of benzene rings is 3. The first-order valence-electron chi connectivity index (χ1n) is 14.8. The summed E-state index contributed by atoms with van der Waals surface area (Å²) in [5.41, 5.74) is 4.92. The Morgan fingerprint density at radius 1 is 1.05 bits per heavy atom. The van der Waals surface area contributed by atoms with E-state index in [1.54, 1.807) is 12.1 Å². The van der Waals surface area contributed by atoms with Gasteiger partial charge in [0.25, 0.3) is 5.91 Å². The van der Waals surface area contributed by atoms with Crippen LogP contribution in [0.15, 0.2) is 82.1 Å². The van der Waals surface area contributed by atoms with Gasteiger partial charge in [-0.25, -0.2) is 8.42 Å². The monoisotopic (exact) mass is 604 g/mol. The van der Waals surface area contributed by atoms with E-state index >= 15 is 0 Å². The Balaban J connectivity index is 1.33. The molecule has 42 heavy (non-hydrogen) atoms. The molecule has 2 aliphatic heterocycles. The first-order chi connectivity index (χ1) is 20.3. The van der Waals surface area contributed by atoms with E-state index in [9.17, 15) is 13.2 Å². The smallest absolute Gasteiger partial charge is 0.251 e. The fourth-order valence-electron chi connectivity index (χ4n) is 5.51. The maximum Gasteiger partial charge on any atom is 0.251 e. The first kappa shape index (κ1) is 30.5. The Kier molecular flexibility index (Phi) is 10.2. The number of fused-ring (bicyclic) bond motifs is 1. The van der Waals surface area contributed by atoms with Crippen molar-refractivity contribution in [3.05, 3.63) is 83.4 Å². The molecule has 1 fully saturated rings. The summed E-state index contributed by atoms with van der Waals surface area (Å²) in [4.78, 5) is 17.2. The number of unbranched alkanes of at least 4 members (excludes halogenated alkanes) is 1. The molecule has 8 heteroatoms. The van der Waals surface area contributed by atoms with Gasteiger partial charge in [0, 0.05) is 42.0 Å². The number of nitrogens with zero attached hydrogens (tertiary/aromatic N) is 1. The number of rotatable bonds is 10. The average Bonchev–Trinajstić information content (AvgIpc) is 3.14. The summed E-state index contributed by atoms with van der Waals surface area (Å²) >= 11 is 1.82. The molecule has 5 rings (SSSR count). The largest absolute Gasteiger partial charge is 0.381 e. The second-order valence-electron chi connectivity index (χ2n) is 11.1. The van der Waals surface area contributed by atoms with Crippen molar-refractivity contribution in [2.45, 2.75) is 61.4 Å². The van der Waals surface area contributed by atoms with Crippen LogP contribution in [0.1, 0.15) is 50.2 Å². The standard InChI is InChI=1S/C34H40N2O4S2/c1-3-4-20-41-32-8-6-5-7-31(32)26-11-14-33-28(22-26)23-27(17-21-42(33,38)39)34(37)35-29-12-9-25(10-13-29)24-36(2)30-15-18-40-19-16-30/h5-14,22-23,30H,3-4,15-21,24H2,1-2H3,(H,35,37). The number of hydrogen-bond acceptors (Lipinski definition) is 6. The Morgan fingerprint density at radius 2 is 1.81 bits per heavy atom. The molecule has 0 unspecified atom stereocenters. The first-order valence-corrected chi connectivity index (χ1v) is 17.5. The minimum absolute atomic E-state index is 0.0977. The van der Waals surface area contributed by atoms with Gasteiger partial charge in [0.2, 0.25) is 0 Å². The minimum Gasteiger partial charge on any atom is -0.381 e. The summed E-state index contributed by atoms with van der Waals surface area (Å²) in [7, 11) is -1.38. The Bertz CT molecular complexity index is 1530. The summed E-state index contributed by atoms with van der Waals surface area (Å²) in [6.07, 6.45) is 6.28. The topological polar surface area (TPSA) is 75.7 Å². The van der Waals surface area contributed by atoms with Gasteiger partial charge in [-0.1, -0.05) is 49.7 Å². The van der Waals surface area contributed by atoms with Crippen molar-refractivity contribution in [2.24, 2.45) is 0 Å². The molecule has 3 aromatic carbocycles. The summed E-state index contributed by atoms with van der Waals surface area (Å²) < 4.78 is 31.8. The number of carbonyl (C=O) groups excluding carboxylic acids is 1. The van der Waals surface area contributed by atoms with Crippen LogP contribution < -0.4 is 5.32 Å². The van der Waals surface area contributed by atoms with Crippen LogP contribution in [0.3, 0.4) is 0 Å². The third-order valence-corrected chi connectivity index (χ3v) is 11.0. The molecule has 0 aliphatic carbocycles. The van der Waals surface area contributed by atoms with Crippen LogP contribution >= 0.6 is 11.8 Å². The third kappa shape index (κ3) is 7.53. The van der Waals surface area contributed by atoms with Crippen molar-refractivity contribution >= 4 is 39.3 Å². The van der Waals surface area contributed by atoms with Crippen LogP contribution in [-0.4, -0.2) is 57.0 Å². The Morgan fingerprint density at radius 3 is 2.57 bits per heavy atom. The zero-order valence-electron chi connectivity index (χ0n) is 24.5. The molecular weight excluding hydrogens is 565 g/mol. The number of sulfone groups is 1. The van der Waals surface area contributed by atoms with Crippen LogP contribution in [0, 0.1) is 0 Å². The fraction of sp³-hybridized carbons (Fsp3) is 0.382. The molecule has 2 heterocycles. The second kappa shape index (κ2) is 14.0. The van der Waals surface area contributed by atoms with E-state index < -0.39 is 9.84 Å². The van der Waals surface area contributed by atoms with Crippen molar-refractivity contribution in [3.8, 4) is 11.1 Å². The molecular formula is C34H40N2O4S2. The number of thioether (sulfide) groups is 1. The summed E-state index contributed by atoms with van der Waals surface area (Å²) in [5, 5.41) is 2.99. The molecule has 1 N–H and O–H groups in total. The summed E-state index contributed by atoms with van der Waals surface area (Å²) in [6, 6.07) is 22.1. The van der Waals surface area contributed by atoms with Gasteiger partial charge < -0.3 is 10.1 Å². The summed E-state index contributed by atoms with van der Waals surface area (Å²) in [6.45, 7) is 4.65. The van der Waals surface area contributed by atoms with E-state index in [-0.39, 0.29) is 23.0 Å². The Labute approximate surface area is 254 Å². The number of nitrogens with one attached hydrogen (secondary N) is 1. The third-order valence-electron chi connectivity index (χ3n) is 8.02. The van der Waals surface area contributed by atoms with E-state index in [2.05, 4.69) is 36.3 Å². The van der Waals surface area contributed by atoms with Gasteiger partial charge >= 0.3 is 0 Å². The molecule has 6 nitrogen and oxygen atoms in total. The lowest BCUT2D eigenvalue weighted by molar-refractivity contribution is -0.112. The highest BCUT2D eigenvalue weighted by Crippen LogP contribution is 2.36. The number of ether oxygens (including phenoxy) is 1. The molecule has 3 aromatic rings. The highest BCUT2D eigenvalue weighted by atomic mass is 32.2. The number of hydrogen-bond donors (Lipinski definition) is 1.